The highest BCUT2D eigenvalue weighted by molar-refractivity contribution is 5.88. The molecule has 0 spiro atoms. The molecule has 1 unspecified atom stereocenters. The summed E-state index contributed by atoms with van der Waals surface area (Å²) in [5.41, 5.74) is 0. The maximum Gasteiger partial charge on any atom is 0.267 e. The third-order valence-electron chi connectivity index (χ3n) is 2.91. The molecular formula is C11H15NO3. The van der Waals surface area contributed by atoms with Crippen molar-refractivity contribution in [1.82, 2.24) is 4.90 Å². The Morgan fingerprint density at radius 3 is 2.73 bits per heavy atom. The van der Waals surface area contributed by atoms with E-state index in [-0.39, 0.29) is 5.91 Å². The highest BCUT2D eigenvalue weighted by Crippen LogP contribution is 2.40. The second kappa shape index (κ2) is 3.38. The van der Waals surface area contributed by atoms with E-state index in [2.05, 4.69) is 6.58 Å². The van der Waals surface area contributed by atoms with Crippen molar-refractivity contribution >= 4 is 5.91 Å². The van der Waals surface area contributed by atoms with Crippen LogP contribution in [-0.2, 0) is 14.3 Å². The number of fused-ring (bicyclic) bond motifs is 1. The van der Waals surface area contributed by atoms with Gasteiger partial charge in [0.25, 0.3) is 5.91 Å². The smallest absolute Gasteiger partial charge is 0.267 e. The van der Waals surface area contributed by atoms with E-state index in [9.17, 15) is 4.79 Å². The molecule has 0 aromatic heterocycles. The number of nitrogens with zero attached hydrogens (tertiary/aromatic N) is 1. The number of carbonyl (C=O) groups is 1. The van der Waals surface area contributed by atoms with Gasteiger partial charge in [-0.05, 0) is 0 Å². The topological polar surface area (TPSA) is 38.8 Å². The van der Waals surface area contributed by atoms with Crippen molar-refractivity contribution in [3.8, 4) is 0 Å². The molecule has 0 N–H and O–H groups in total. The maximum absolute atomic E-state index is 11.7. The van der Waals surface area contributed by atoms with E-state index in [1.54, 1.807) is 6.20 Å². The average molecular weight is 209 g/mol. The maximum atomic E-state index is 11.7. The van der Waals surface area contributed by atoms with Gasteiger partial charge in [0.15, 0.2) is 11.9 Å². The Hall–Kier alpha value is -1.29. The van der Waals surface area contributed by atoms with Gasteiger partial charge in [-0.2, -0.15) is 0 Å². The lowest BCUT2D eigenvalue weighted by atomic mass is 10.1. The molecule has 82 valence electrons. The zero-order valence-electron chi connectivity index (χ0n) is 9.03. The van der Waals surface area contributed by atoms with Gasteiger partial charge in [-0.3, -0.25) is 9.69 Å². The van der Waals surface area contributed by atoms with Crippen LogP contribution in [-0.4, -0.2) is 22.7 Å². The monoisotopic (exact) mass is 209 g/mol. The van der Waals surface area contributed by atoms with Gasteiger partial charge in [-0.1, -0.05) is 20.4 Å². The predicted molar refractivity (Wildman–Crippen MR) is 54.4 cm³/mol. The second-order valence-corrected chi connectivity index (χ2v) is 3.68. The van der Waals surface area contributed by atoms with Crippen molar-refractivity contribution in [3.63, 3.8) is 0 Å². The molecular weight excluding hydrogens is 194 g/mol. The standard InChI is InChI=1S/C11H15NO3/c1-4-11(5-2)14-8-7-12(6-3)10(13)9(8)15-11/h6-7,9H,3-5H2,1-2H3. The summed E-state index contributed by atoms with van der Waals surface area (Å²) >= 11 is 0. The molecule has 4 nitrogen and oxygen atoms in total. The zero-order valence-corrected chi connectivity index (χ0v) is 9.03. The molecule has 0 radical (unpaired) electrons. The Bertz CT molecular complexity index is 331. The number of amides is 1. The summed E-state index contributed by atoms with van der Waals surface area (Å²) in [6, 6.07) is 0. The first kappa shape index (κ1) is 10.2. The van der Waals surface area contributed by atoms with Crippen LogP contribution in [0.3, 0.4) is 0 Å². The molecule has 1 atom stereocenters. The summed E-state index contributed by atoms with van der Waals surface area (Å²) in [6.07, 6.45) is 4.01. The van der Waals surface area contributed by atoms with Crippen molar-refractivity contribution in [2.45, 2.75) is 38.6 Å². The lowest BCUT2D eigenvalue weighted by molar-refractivity contribution is -0.177. The van der Waals surface area contributed by atoms with Crippen LogP contribution < -0.4 is 0 Å². The van der Waals surface area contributed by atoms with Gasteiger partial charge in [0.05, 0.1) is 6.20 Å². The summed E-state index contributed by atoms with van der Waals surface area (Å²) < 4.78 is 11.4. The molecule has 0 aromatic rings. The van der Waals surface area contributed by atoms with Crippen molar-refractivity contribution in [2.24, 2.45) is 0 Å². The zero-order chi connectivity index (χ0) is 11.1. The molecule has 0 saturated carbocycles. The average Bonchev–Trinajstić information content (AvgIpc) is 2.76. The fourth-order valence-electron chi connectivity index (χ4n) is 1.87. The normalized spacial score (nSPS) is 27.3. The van der Waals surface area contributed by atoms with E-state index in [4.69, 9.17) is 9.47 Å². The van der Waals surface area contributed by atoms with E-state index < -0.39 is 11.9 Å². The number of ether oxygens (including phenoxy) is 2. The predicted octanol–water partition coefficient (Wildman–Crippen LogP) is 1.75. The van der Waals surface area contributed by atoms with Crippen molar-refractivity contribution < 1.29 is 14.3 Å². The summed E-state index contributed by atoms with van der Waals surface area (Å²) in [4.78, 5) is 13.1. The largest absolute Gasteiger partial charge is 0.462 e. The Morgan fingerprint density at radius 2 is 2.27 bits per heavy atom. The van der Waals surface area contributed by atoms with Crippen molar-refractivity contribution in [3.05, 3.63) is 24.7 Å². The minimum atomic E-state index is -0.612. The Balaban J connectivity index is 2.24. The minimum Gasteiger partial charge on any atom is -0.462 e. The SMILES string of the molecule is C=CN1C=C2OC(CC)(CC)OC2C1=O. The first-order valence-corrected chi connectivity index (χ1v) is 5.19. The van der Waals surface area contributed by atoms with Gasteiger partial charge in [0.1, 0.15) is 0 Å². The third-order valence-corrected chi connectivity index (χ3v) is 2.91. The van der Waals surface area contributed by atoms with Crippen LogP contribution in [0.15, 0.2) is 24.7 Å². The van der Waals surface area contributed by atoms with Gasteiger partial charge in [-0.25, -0.2) is 0 Å². The van der Waals surface area contributed by atoms with Crippen molar-refractivity contribution in [2.75, 3.05) is 0 Å². The van der Waals surface area contributed by atoms with Gasteiger partial charge in [0.2, 0.25) is 5.79 Å². The molecule has 0 aliphatic carbocycles. The first-order valence-electron chi connectivity index (χ1n) is 5.19. The van der Waals surface area contributed by atoms with Gasteiger partial charge in [0, 0.05) is 19.0 Å². The Labute approximate surface area is 89.1 Å². The summed E-state index contributed by atoms with van der Waals surface area (Å²) in [5, 5.41) is 0. The fourth-order valence-corrected chi connectivity index (χ4v) is 1.87. The lowest BCUT2D eigenvalue weighted by Crippen LogP contribution is -2.34. The molecule has 1 fully saturated rings. The van der Waals surface area contributed by atoms with Crippen LogP contribution in [0.1, 0.15) is 26.7 Å². The van der Waals surface area contributed by atoms with E-state index in [1.165, 1.54) is 11.1 Å². The fraction of sp³-hybridized carbons (Fsp3) is 0.545. The molecule has 2 heterocycles. The van der Waals surface area contributed by atoms with Crippen LogP contribution in [0.25, 0.3) is 0 Å². The molecule has 1 saturated heterocycles. The van der Waals surface area contributed by atoms with E-state index in [0.717, 1.165) is 12.8 Å². The van der Waals surface area contributed by atoms with Crippen LogP contribution in [0, 0.1) is 0 Å². The molecule has 2 aliphatic rings. The molecule has 0 bridgehead atoms. The van der Waals surface area contributed by atoms with Gasteiger partial charge >= 0.3 is 0 Å². The second-order valence-electron chi connectivity index (χ2n) is 3.68. The van der Waals surface area contributed by atoms with Gasteiger partial charge in [-0.15, -0.1) is 0 Å². The third kappa shape index (κ3) is 1.36. The lowest BCUT2D eigenvalue weighted by Gasteiger charge is -2.25. The summed E-state index contributed by atoms with van der Waals surface area (Å²) in [7, 11) is 0. The molecule has 2 aliphatic heterocycles. The van der Waals surface area contributed by atoms with E-state index in [1.807, 2.05) is 13.8 Å². The molecule has 4 heteroatoms. The summed E-state index contributed by atoms with van der Waals surface area (Å²) in [6.45, 7) is 7.52. The Morgan fingerprint density at radius 1 is 1.60 bits per heavy atom. The number of hydrogen-bond donors (Lipinski definition) is 0. The van der Waals surface area contributed by atoms with Crippen molar-refractivity contribution in [1.29, 1.82) is 0 Å². The van der Waals surface area contributed by atoms with Crippen LogP contribution in [0.5, 0.6) is 0 Å². The van der Waals surface area contributed by atoms with Crippen LogP contribution in [0.4, 0.5) is 0 Å². The molecule has 2 rings (SSSR count). The highest BCUT2D eigenvalue weighted by Gasteiger charge is 2.50. The van der Waals surface area contributed by atoms with E-state index >= 15 is 0 Å². The Kier molecular flexibility index (Phi) is 2.31. The molecule has 15 heavy (non-hydrogen) atoms. The molecule has 0 aromatic carbocycles. The highest BCUT2D eigenvalue weighted by atomic mass is 16.8. The van der Waals surface area contributed by atoms with Crippen LogP contribution in [0.2, 0.25) is 0 Å². The van der Waals surface area contributed by atoms with Gasteiger partial charge < -0.3 is 9.47 Å². The number of rotatable bonds is 3. The van der Waals surface area contributed by atoms with E-state index in [0.29, 0.717) is 5.76 Å². The number of hydrogen-bond acceptors (Lipinski definition) is 3. The van der Waals surface area contributed by atoms with Crippen LogP contribution >= 0.6 is 0 Å². The summed E-state index contributed by atoms with van der Waals surface area (Å²) in [5.74, 6) is -0.133. The minimum absolute atomic E-state index is 0.122. The molecule has 1 amide bonds. The first-order chi connectivity index (χ1) is 7.15. The number of carbonyl (C=O) groups excluding carboxylic acids is 1. The quantitative estimate of drug-likeness (QED) is 0.710.